The van der Waals surface area contributed by atoms with Gasteiger partial charge in [-0.15, -0.1) is 5.10 Å². The zero-order valence-electron chi connectivity index (χ0n) is 14.5. The number of aromatic nitrogens is 3. The Morgan fingerprint density at radius 2 is 2.15 bits per heavy atom. The van der Waals surface area contributed by atoms with Crippen molar-refractivity contribution in [3.63, 3.8) is 0 Å². The summed E-state index contributed by atoms with van der Waals surface area (Å²) in [5.41, 5.74) is 1.81. The highest BCUT2D eigenvalue weighted by Crippen LogP contribution is 2.31. The maximum atomic E-state index is 12.2. The molecule has 4 rings (SSSR count). The predicted molar refractivity (Wildman–Crippen MR) is 99.1 cm³/mol. The van der Waals surface area contributed by atoms with Gasteiger partial charge in [0.2, 0.25) is 5.88 Å². The second-order valence-corrected chi connectivity index (χ2v) is 6.63. The van der Waals surface area contributed by atoms with Gasteiger partial charge in [-0.05, 0) is 31.2 Å². The third kappa shape index (κ3) is 3.77. The van der Waals surface area contributed by atoms with Gasteiger partial charge in [-0.25, -0.2) is 9.78 Å². The maximum Gasteiger partial charge on any atom is 0.320 e. The molecule has 26 heavy (non-hydrogen) atoms. The SMILES string of the molecule is C[C@@H](NC(=O)Nc1cc2[nH]nc(OCC3CC3)c2cn1)c1ccccc1. The minimum absolute atomic E-state index is 0.102. The van der Waals surface area contributed by atoms with Gasteiger partial charge in [0.25, 0.3) is 0 Å². The van der Waals surface area contributed by atoms with E-state index < -0.39 is 0 Å². The van der Waals surface area contributed by atoms with Crippen molar-refractivity contribution in [1.29, 1.82) is 0 Å². The minimum Gasteiger partial charge on any atom is -0.476 e. The van der Waals surface area contributed by atoms with Crippen LogP contribution in [0.1, 0.15) is 31.4 Å². The molecule has 0 bridgehead atoms. The number of carbonyl (C=O) groups excluding carboxylic acids is 1. The first kappa shape index (κ1) is 16.4. The molecule has 134 valence electrons. The summed E-state index contributed by atoms with van der Waals surface area (Å²) >= 11 is 0. The van der Waals surface area contributed by atoms with Crippen LogP contribution in [0.3, 0.4) is 0 Å². The van der Waals surface area contributed by atoms with Crippen molar-refractivity contribution in [2.75, 3.05) is 11.9 Å². The Kier molecular flexibility index (Phi) is 4.43. The molecular weight excluding hydrogens is 330 g/mol. The lowest BCUT2D eigenvalue weighted by molar-refractivity contribution is 0.249. The Labute approximate surface area is 151 Å². The molecule has 2 aromatic heterocycles. The van der Waals surface area contributed by atoms with E-state index in [4.69, 9.17) is 4.74 Å². The second kappa shape index (κ2) is 7.03. The normalized spacial score (nSPS) is 14.8. The molecule has 1 atom stereocenters. The number of anilines is 1. The highest BCUT2D eigenvalue weighted by Gasteiger charge is 2.23. The standard InChI is InChI=1S/C19H21N5O2/c1-12(14-5-3-2-4-6-14)21-19(25)22-17-9-16-15(10-20-17)18(24-23-16)26-11-13-7-8-13/h2-6,9-10,12-13H,7-8,11H2,1H3,(H,23,24)(H2,20,21,22,25)/t12-/m1/s1. The Bertz CT molecular complexity index is 905. The number of ether oxygens (including phenoxy) is 1. The topological polar surface area (TPSA) is 91.9 Å². The number of H-pyrrole nitrogens is 1. The van der Waals surface area contributed by atoms with E-state index in [-0.39, 0.29) is 12.1 Å². The van der Waals surface area contributed by atoms with Crippen LogP contribution in [0.5, 0.6) is 5.88 Å². The van der Waals surface area contributed by atoms with Crippen LogP contribution >= 0.6 is 0 Å². The van der Waals surface area contributed by atoms with Crippen LogP contribution in [0.15, 0.2) is 42.6 Å². The Morgan fingerprint density at radius 3 is 2.92 bits per heavy atom. The van der Waals surface area contributed by atoms with Gasteiger partial charge in [-0.3, -0.25) is 10.4 Å². The summed E-state index contributed by atoms with van der Waals surface area (Å²) in [5.74, 6) is 1.67. The Morgan fingerprint density at radius 1 is 1.35 bits per heavy atom. The molecule has 0 saturated heterocycles. The first-order valence-corrected chi connectivity index (χ1v) is 8.78. The summed E-state index contributed by atoms with van der Waals surface area (Å²) in [5, 5.41) is 13.6. The smallest absolute Gasteiger partial charge is 0.320 e. The second-order valence-electron chi connectivity index (χ2n) is 6.63. The monoisotopic (exact) mass is 351 g/mol. The molecule has 7 nitrogen and oxygen atoms in total. The number of amides is 2. The van der Waals surface area contributed by atoms with Crippen LogP contribution in [0.4, 0.5) is 10.6 Å². The number of nitrogens with zero attached hydrogens (tertiary/aromatic N) is 2. The van der Waals surface area contributed by atoms with Gasteiger partial charge in [0.15, 0.2) is 0 Å². The van der Waals surface area contributed by atoms with Crippen molar-refractivity contribution in [3.05, 3.63) is 48.2 Å². The summed E-state index contributed by atoms with van der Waals surface area (Å²) in [6.45, 7) is 2.63. The van der Waals surface area contributed by atoms with Crippen molar-refractivity contribution in [2.24, 2.45) is 5.92 Å². The van der Waals surface area contributed by atoms with Crippen molar-refractivity contribution in [3.8, 4) is 5.88 Å². The van der Waals surface area contributed by atoms with Gasteiger partial charge in [0, 0.05) is 12.3 Å². The van der Waals surface area contributed by atoms with E-state index in [1.54, 1.807) is 12.3 Å². The number of nitrogens with one attached hydrogen (secondary N) is 3. The van der Waals surface area contributed by atoms with Crippen LogP contribution in [-0.4, -0.2) is 27.8 Å². The third-order valence-corrected chi connectivity index (χ3v) is 4.45. The predicted octanol–water partition coefficient (Wildman–Crippen LogP) is 3.63. The minimum atomic E-state index is -0.307. The Hall–Kier alpha value is -3.09. The summed E-state index contributed by atoms with van der Waals surface area (Å²) < 4.78 is 5.72. The average Bonchev–Trinajstić information content (AvgIpc) is 3.40. The van der Waals surface area contributed by atoms with Gasteiger partial charge in [0.05, 0.1) is 23.6 Å². The molecular formula is C19H21N5O2. The lowest BCUT2D eigenvalue weighted by Gasteiger charge is -2.14. The molecule has 1 aliphatic carbocycles. The lowest BCUT2D eigenvalue weighted by atomic mass is 10.1. The van der Waals surface area contributed by atoms with Crippen LogP contribution in [0.2, 0.25) is 0 Å². The van der Waals surface area contributed by atoms with Gasteiger partial charge < -0.3 is 10.1 Å². The van der Waals surface area contributed by atoms with Crippen LogP contribution < -0.4 is 15.4 Å². The first-order chi connectivity index (χ1) is 12.7. The quantitative estimate of drug-likeness (QED) is 0.632. The van der Waals surface area contributed by atoms with Crippen molar-refractivity contribution >= 4 is 22.8 Å². The van der Waals surface area contributed by atoms with E-state index in [0.29, 0.717) is 24.2 Å². The number of pyridine rings is 1. The fraction of sp³-hybridized carbons (Fsp3) is 0.316. The molecule has 7 heteroatoms. The number of benzene rings is 1. The highest BCUT2D eigenvalue weighted by molar-refractivity contribution is 5.92. The lowest BCUT2D eigenvalue weighted by Crippen LogP contribution is -2.31. The maximum absolute atomic E-state index is 12.2. The van der Waals surface area contributed by atoms with Gasteiger partial charge in [-0.1, -0.05) is 30.3 Å². The van der Waals surface area contributed by atoms with Crippen LogP contribution in [0, 0.1) is 5.92 Å². The van der Waals surface area contributed by atoms with E-state index >= 15 is 0 Å². The first-order valence-electron chi connectivity index (χ1n) is 8.78. The number of hydrogen-bond acceptors (Lipinski definition) is 4. The summed E-state index contributed by atoms with van der Waals surface area (Å²) in [6, 6.07) is 11.1. The summed E-state index contributed by atoms with van der Waals surface area (Å²) in [6.07, 6.45) is 4.12. The van der Waals surface area contributed by atoms with E-state index in [1.165, 1.54) is 12.8 Å². The molecule has 1 saturated carbocycles. The summed E-state index contributed by atoms with van der Waals surface area (Å²) in [7, 11) is 0. The van der Waals surface area contributed by atoms with E-state index in [9.17, 15) is 4.79 Å². The van der Waals surface area contributed by atoms with Crippen LogP contribution in [-0.2, 0) is 0 Å². The molecule has 3 N–H and O–H groups in total. The van der Waals surface area contributed by atoms with Crippen molar-refractivity contribution < 1.29 is 9.53 Å². The molecule has 0 radical (unpaired) electrons. The van der Waals surface area contributed by atoms with Gasteiger partial charge in [0.1, 0.15) is 5.82 Å². The zero-order valence-corrected chi connectivity index (χ0v) is 14.5. The molecule has 3 aromatic rings. The van der Waals surface area contributed by atoms with E-state index in [1.807, 2.05) is 37.3 Å². The van der Waals surface area contributed by atoms with Gasteiger partial charge >= 0.3 is 6.03 Å². The van der Waals surface area contributed by atoms with E-state index in [0.717, 1.165) is 16.5 Å². The molecule has 2 heterocycles. The average molecular weight is 351 g/mol. The molecule has 1 fully saturated rings. The molecule has 0 spiro atoms. The van der Waals surface area contributed by atoms with Crippen LogP contribution in [0.25, 0.3) is 10.9 Å². The number of fused-ring (bicyclic) bond motifs is 1. The number of rotatable bonds is 6. The third-order valence-electron chi connectivity index (χ3n) is 4.45. The fourth-order valence-corrected chi connectivity index (χ4v) is 2.72. The molecule has 2 amide bonds. The number of urea groups is 1. The fourth-order valence-electron chi connectivity index (χ4n) is 2.72. The number of carbonyl (C=O) groups is 1. The summed E-state index contributed by atoms with van der Waals surface area (Å²) in [4.78, 5) is 16.5. The molecule has 0 aliphatic heterocycles. The molecule has 0 unspecified atom stereocenters. The molecule has 1 aromatic carbocycles. The number of hydrogen-bond donors (Lipinski definition) is 3. The number of aromatic amines is 1. The molecule has 1 aliphatic rings. The van der Waals surface area contributed by atoms with E-state index in [2.05, 4.69) is 25.8 Å². The van der Waals surface area contributed by atoms with Gasteiger partial charge in [-0.2, -0.15) is 0 Å². The Balaban J connectivity index is 1.39. The van der Waals surface area contributed by atoms with Crippen molar-refractivity contribution in [1.82, 2.24) is 20.5 Å². The highest BCUT2D eigenvalue weighted by atomic mass is 16.5. The largest absolute Gasteiger partial charge is 0.476 e. The zero-order chi connectivity index (χ0) is 17.9. The van der Waals surface area contributed by atoms with Crippen molar-refractivity contribution in [2.45, 2.75) is 25.8 Å².